The molecule has 0 spiro atoms. The zero-order valence-electron chi connectivity index (χ0n) is 9.62. The number of carbonyl (C=O) groups is 2. The van der Waals surface area contributed by atoms with Gasteiger partial charge < -0.3 is 14.9 Å². The number of hydrogen-bond donors (Lipinski definition) is 3. The van der Waals surface area contributed by atoms with Gasteiger partial charge in [0.15, 0.2) is 0 Å². The lowest BCUT2D eigenvalue weighted by Gasteiger charge is -2.34. The second-order valence-electron chi connectivity index (χ2n) is 4.44. The quantitative estimate of drug-likeness (QED) is 0.532. The first-order valence-electron chi connectivity index (χ1n) is 5.39. The number of rotatable bonds is 2. The van der Waals surface area contributed by atoms with Gasteiger partial charge in [-0.3, -0.25) is 4.79 Å². The number of ether oxygens (including phenoxy) is 1. The van der Waals surface area contributed by atoms with Crippen molar-refractivity contribution in [1.29, 1.82) is 0 Å². The van der Waals surface area contributed by atoms with Gasteiger partial charge >= 0.3 is 6.03 Å². The molecule has 0 bridgehead atoms. The number of alkyl halides is 1. The predicted molar refractivity (Wildman–Crippen MR) is 55.5 cm³/mol. The SMILES string of the molecule is C[N+]1([C@@H]2O[C@H](CO)[C@@H](O)[C@H]2F)C=CC(=O)NC1=O. The lowest BCUT2D eigenvalue weighted by atomic mass is 10.1. The summed E-state index contributed by atoms with van der Waals surface area (Å²) < 4.78 is 18.4. The van der Waals surface area contributed by atoms with Crippen LogP contribution in [-0.2, 0) is 9.53 Å². The van der Waals surface area contributed by atoms with Crippen LogP contribution in [0.25, 0.3) is 0 Å². The van der Waals surface area contributed by atoms with Gasteiger partial charge in [0.2, 0.25) is 12.4 Å². The molecule has 2 aliphatic heterocycles. The Balaban J connectivity index is 2.29. The number of aliphatic hydroxyl groups excluding tert-OH is 2. The van der Waals surface area contributed by atoms with Crippen molar-refractivity contribution < 1.29 is 33.4 Å². The van der Waals surface area contributed by atoms with Crippen LogP contribution in [0.5, 0.6) is 0 Å². The lowest BCUT2D eigenvalue weighted by Crippen LogP contribution is -2.62. The Hall–Kier alpha value is -1.35. The second-order valence-corrected chi connectivity index (χ2v) is 4.44. The van der Waals surface area contributed by atoms with E-state index in [0.717, 1.165) is 6.08 Å². The summed E-state index contributed by atoms with van der Waals surface area (Å²) in [6, 6.07) is -0.749. The fraction of sp³-hybridized carbons (Fsp3) is 0.600. The van der Waals surface area contributed by atoms with E-state index in [0.29, 0.717) is 0 Å². The minimum atomic E-state index is -1.84. The molecular formula is C10H14FN2O5+. The monoisotopic (exact) mass is 261 g/mol. The average Bonchev–Trinajstić information content (AvgIpc) is 2.62. The summed E-state index contributed by atoms with van der Waals surface area (Å²) in [5, 5.41) is 20.5. The van der Waals surface area contributed by atoms with E-state index >= 15 is 0 Å². The van der Waals surface area contributed by atoms with E-state index in [4.69, 9.17) is 9.84 Å². The summed E-state index contributed by atoms with van der Waals surface area (Å²) in [6.07, 6.45) is -3.44. The Morgan fingerprint density at radius 3 is 2.72 bits per heavy atom. The number of imide groups is 1. The van der Waals surface area contributed by atoms with Crippen LogP contribution in [0.3, 0.4) is 0 Å². The third-order valence-corrected chi connectivity index (χ3v) is 3.21. The van der Waals surface area contributed by atoms with Gasteiger partial charge in [-0.2, -0.15) is 4.48 Å². The Kier molecular flexibility index (Phi) is 3.20. The molecule has 0 radical (unpaired) electrons. The van der Waals surface area contributed by atoms with Gasteiger partial charge in [-0.25, -0.2) is 14.5 Å². The average molecular weight is 261 g/mol. The number of aliphatic hydroxyl groups is 2. The summed E-state index contributed by atoms with van der Waals surface area (Å²) in [5.41, 5.74) is 0. The summed E-state index contributed by atoms with van der Waals surface area (Å²) in [6.45, 7) is -0.553. The summed E-state index contributed by atoms with van der Waals surface area (Å²) in [5.74, 6) is -0.594. The van der Waals surface area contributed by atoms with Crippen molar-refractivity contribution in [1.82, 2.24) is 5.32 Å². The number of nitrogens with zero attached hydrogens (tertiary/aromatic N) is 1. The molecule has 1 saturated heterocycles. The van der Waals surface area contributed by atoms with E-state index in [2.05, 4.69) is 0 Å². The van der Waals surface area contributed by atoms with Gasteiger partial charge in [0.25, 0.3) is 5.91 Å². The maximum Gasteiger partial charge on any atom is 0.430 e. The molecule has 0 aromatic heterocycles. The molecule has 2 heterocycles. The van der Waals surface area contributed by atoms with E-state index in [1.165, 1.54) is 13.2 Å². The van der Waals surface area contributed by atoms with Crippen LogP contribution < -0.4 is 5.32 Å². The first kappa shape index (κ1) is 13.1. The zero-order valence-corrected chi connectivity index (χ0v) is 9.62. The molecule has 2 aliphatic rings. The van der Waals surface area contributed by atoms with Crippen molar-refractivity contribution in [3.05, 3.63) is 12.3 Å². The largest absolute Gasteiger partial charge is 0.430 e. The molecule has 0 saturated carbocycles. The van der Waals surface area contributed by atoms with E-state index in [-0.39, 0.29) is 0 Å². The number of halogens is 1. The van der Waals surface area contributed by atoms with Crippen LogP contribution in [0.15, 0.2) is 12.3 Å². The van der Waals surface area contributed by atoms with Crippen LogP contribution in [0.2, 0.25) is 0 Å². The first-order chi connectivity index (χ1) is 8.40. The molecule has 3 amide bonds. The fourth-order valence-electron chi connectivity index (χ4n) is 2.04. The lowest BCUT2D eigenvalue weighted by molar-refractivity contribution is -0.835. The molecule has 2 rings (SSSR count). The number of urea groups is 1. The first-order valence-corrected chi connectivity index (χ1v) is 5.39. The maximum absolute atomic E-state index is 13.9. The summed E-state index contributed by atoms with van der Waals surface area (Å²) in [4.78, 5) is 22.7. The Morgan fingerprint density at radius 1 is 1.56 bits per heavy atom. The molecule has 3 N–H and O–H groups in total. The van der Waals surface area contributed by atoms with Crippen LogP contribution in [0, 0.1) is 0 Å². The van der Waals surface area contributed by atoms with Crippen molar-refractivity contribution in [3.63, 3.8) is 0 Å². The number of carbonyl (C=O) groups excluding carboxylic acids is 2. The Labute approximate surface area is 102 Å². The second kappa shape index (κ2) is 4.39. The van der Waals surface area contributed by atoms with Crippen LogP contribution in [0.4, 0.5) is 9.18 Å². The van der Waals surface area contributed by atoms with Gasteiger partial charge in [0.1, 0.15) is 18.4 Å². The minimum Gasteiger partial charge on any atom is -0.394 e. The molecule has 1 unspecified atom stereocenters. The molecule has 8 heteroatoms. The summed E-state index contributed by atoms with van der Waals surface area (Å²) in [7, 11) is 1.35. The van der Waals surface area contributed by atoms with Gasteiger partial charge in [-0.05, 0) is 0 Å². The Morgan fingerprint density at radius 2 is 2.22 bits per heavy atom. The highest BCUT2D eigenvalue weighted by Gasteiger charge is 2.56. The van der Waals surface area contributed by atoms with E-state index < -0.39 is 47.6 Å². The third kappa shape index (κ3) is 1.83. The third-order valence-electron chi connectivity index (χ3n) is 3.21. The highest BCUT2D eigenvalue weighted by molar-refractivity contribution is 6.00. The molecule has 1 fully saturated rings. The molecule has 0 aromatic rings. The van der Waals surface area contributed by atoms with Gasteiger partial charge in [-0.1, -0.05) is 0 Å². The number of amides is 3. The molecule has 0 aliphatic carbocycles. The van der Waals surface area contributed by atoms with Gasteiger partial charge in [0, 0.05) is 0 Å². The predicted octanol–water partition coefficient (Wildman–Crippen LogP) is -1.39. The van der Waals surface area contributed by atoms with Crippen LogP contribution in [-0.4, -0.2) is 64.9 Å². The molecule has 18 heavy (non-hydrogen) atoms. The van der Waals surface area contributed by atoms with Crippen LogP contribution in [0.1, 0.15) is 0 Å². The van der Waals surface area contributed by atoms with Crippen LogP contribution >= 0.6 is 0 Å². The standard InChI is InChI=1S/C10H13FN2O5/c1-13(3-2-6(15)12-10(13)17)9-7(11)8(16)5(4-14)18-9/h2-3,5,7-9,14,16H,4H2,1H3/p+1/t5-,7-,8-,9-,13?/m1/s1. The van der Waals surface area contributed by atoms with Crippen molar-refractivity contribution in [2.45, 2.75) is 24.6 Å². The van der Waals surface area contributed by atoms with E-state index in [1.54, 1.807) is 0 Å². The minimum absolute atomic E-state index is 0.553. The molecule has 0 aromatic carbocycles. The van der Waals surface area contributed by atoms with Crippen molar-refractivity contribution in [2.75, 3.05) is 13.7 Å². The van der Waals surface area contributed by atoms with Gasteiger partial charge in [0.05, 0.1) is 19.7 Å². The van der Waals surface area contributed by atoms with Crippen molar-refractivity contribution in [3.8, 4) is 0 Å². The smallest absolute Gasteiger partial charge is 0.394 e. The van der Waals surface area contributed by atoms with Crippen molar-refractivity contribution in [2.24, 2.45) is 0 Å². The summed E-state index contributed by atoms with van der Waals surface area (Å²) >= 11 is 0. The topological polar surface area (TPSA) is 95.9 Å². The molecule has 100 valence electrons. The molecule has 5 atom stereocenters. The highest BCUT2D eigenvalue weighted by Crippen LogP contribution is 2.31. The molecular weight excluding hydrogens is 247 g/mol. The van der Waals surface area contributed by atoms with Gasteiger partial charge in [-0.15, -0.1) is 0 Å². The zero-order chi connectivity index (χ0) is 13.5. The molecule has 7 nitrogen and oxygen atoms in total. The Bertz CT molecular complexity index is 415. The van der Waals surface area contributed by atoms with E-state index in [1.807, 2.05) is 5.32 Å². The highest BCUT2D eigenvalue weighted by atomic mass is 19.1. The normalized spacial score (nSPS) is 44.2. The number of nitrogens with one attached hydrogen (secondary N) is 1. The van der Waals surface area contributed by atoms with Crippen molar-refractivity contribution >= 4 is 11.9 Å². The number of quaternary nitrogens is 1. The number of hydrogen-bond acceptors (Lipinski definition) is 5. The fourth-order valence-corrected chi connectivity index (χ4v) is 2.04. The maximum atomic E-state index is 13.9. The van der Waals surface area contributed by atoms with E-state index in [9.17, 15) is 19.1 Å².